The molecule has 0 bridgehead atoms. The minimum Gasteiger partial charge on any atom is -0.387 e. The van der Waals surface area contributed by atoms with E-state index in [1.165, 1.54) is 12.0 Å². The Labute approximate surface area is 143 Å². The second kappa shape index (κ2) is 4.72. The topological polar surface area (TPSA) is 66.0 Å². The van der Waals surface area contributed by atoms with Gasteiger partial charge in [-0.3, -0.25) is 9.89 Å². The van der Waals surface area contributed by atoms with E-state index in [1.54, 1.807) is 0 Å². The molecule has 3 fully saturated rings. The van der Waals surface area contributed by atoms with Gasteiger partial charge in [0.05, 0.1) is 18.0 Å². The van der Waals surface area contributed by atoms with E-state index in [4.69, 9.17) is 0 Å². The van der Waals surface area contributed by atoms with Crippen LogP contribution in [0.2, 0.25) is 0 Å². The number of carbonyl (C=O) groups excluding carboxylic acids is 1. The number of Topliss-reactive ketones (excluding diaryl/α,β-unsaturated/α-hetero) is 1. The molecule has 4 aliphatic carbocycles. The summed E-state index contributed by atoms with van der Waals surface area (Å²) in [6.45, 7) is 4.65. The Hall–Kier alpha value is -1.16. The van der Waals surface area contributed by atoms with E-state index in [9.17, 15) is 9.90 Å². The number of nitrogens with zero attached hydrogens (tertiary/aromatic N) is 1. The fourth-order valence-electron chi connectivity index (χ4n) is 7.37. The van der Waals surface area contributed by atoms with E-state index in [0.717, 1.165) is 44.2 Å². The van der Waals surface area contributed by atoms with Crippen LogP contribution in [-0.4, -0.2) is 21.1 Å². The number of H-pyrrole nitrogens is 1. The van der Waals surface area contributed by atoms with E-state index < -0.39 is 6.10 Å². The molecule has 7 atom stereocenters. The number of fused-ring (bicyclic) bond motifs is 6. The van der Waals surface area contributed by atoms with Gasteiger partial charge in [0, 0.05) is 11.8 Å². The Kier molecular flexibility index (Phi) is 2.97. The van der Waals surface area contributed by atoms with Gasteiger partial charge in [0.25, 0.3) is 0 Å². The Morgan fingerprint density at radius 3 is 2.83 bits per heavy atom. The highest BCUT2D eigenvalue weighted by atomic mass is 16.3. The van der Waals surface area contributed by atoms with Gasteiger partial charge in [0.1, 0.15) is 5.78 Å². The van der Waals surface area contributed by atoms with E-state index in [1.807, 2.05) is 6.20 Å². The van der Waals surface area contributed by atoms with Gasteiger partial charge in [0.2, 0.25) is 0 Å². The lowest BCUT2D eigenvalue weighted by atomic mass is 9.45. The maximum atomic E-state index is 12.5. The number of aromatic nitrogens is 2. The summed E-state index contributed by atoms with van der Waals surface area (Å²) in [6, 6.07) is 0. The van der Waals surface area contributed by atoms with Crippen LogP contribution in [0.4, 0.5) is 0 Å². The lowest BCUT2D eigenvalue weighted by Crippen LogP contribution is -2.55. The van der Waals surface area contributed by atoms with Crippen molar-refractivity contribution in [1.29, 1.82) is 0 Å². The smallest absolute Gasteiger partial charge is 0.139 e. The zero-order valence-corrected chi connectivity index (χ0v) is 14.7. The molecule has 1 heterocycles. The fourth-order valence-corrected chi connectivity index (χ4v) is 7.37. The third kappa shape index (κ3) is 1.68. The molecule has 0 amide bonds. The van der Waals surface area contributed by atoms with Gasteiger partial charge in [0.15, 0.2) is 0 Å². The number of carbonyl (C=O) groups is 1. The molecule has 0 aliphatic heterocycles. The Morgan fingerprint density at radius 1 is 1.17 bits per heavy atom. The quantitative estimate of drug-likeness (QED) is 0.767. The zero-order valence-electron chi connectivity index (χ0n) is 14.7. The minimum absolute atomic E-state index is 0.0571. The van der Waals surface area contributed by atoms with Crippen molar-refractivity contribution in [1.82, 2.24) is 10.2 Å². The molecular formula is C20H28N2O2. The van der Waals surface area contributed by atoms with Crippen LogP contribution in [-0.2, 0) is 11.2 Å². The van der Waals surface area contributed by atoms with Gasteiger partial charge < -0.3 is 5.11 Å². The summed E-state index contributed by atoms with van der Waals surface area (Å²) in [5.41, 5.74) is 2.25. The molecule has 4 heteroatoms. The summed E-state index contributed by atoms with van der Waals surface area (Å²) in [5, 5.41) is 18.2. The predicted molar refractivity (Wildman–Crippen MR) is 90.1 cm³/mol. The third-order valence-electron chi connectivity index (χ3n) is 8.65. The van der Waals surface area contributed by atoms with Gasteiger partial charge in [-0.2, -0.15) is 5.10 Å². The second-order valence-electron chi connectivity index (χ2n) is 9.42. The first kappa shape index (κ1) is 15.1. The number of nitrogens with one attached hydrogen (secondary N) is 1. The highest BCUT2D eigenvalue weighted by Crippen LogP contribution is 2.66. The summed E-state index contributed by atoms with van der Waals surface area (Å²) in [7, 11) is 0. The summed E-state index contributed by atoms with van der Waals surface area (Å²) >= 11 is 0. The first-order chi connectivity index (χ1) is 11.4. The van der Waals surface area contributed by atoms with Crippen molar-refractivity contribution >= 4 is 5.78 Å². The molecule has 0 radical (unpaired) electrons. The molecule has 4 aliphatic rings. The van der Waals surface area contributed by atoms with E-state index in [-0.39, 0.29) is 10.8 Å². The first-order valence-electron chi connectivity index (χ1n) is 9.68. The van der Waals surface area contributed by atoms with Crippen LogP contribution in [0.5, 0.6) is 0 Å². The zero-order chi connectivity index (χ0) is 16.7. The molecular weight excluding hydrogens is 300 g/mol. The van der Waals surface area contributed by atoms with Crippen molar-refractivity contribution in [3.05, 3.63) is 17.5 Å². The van der Waals surface area contributed by atoms with Crippen LogP contribution in [0.3, 0.4) is 0 Å². The molecule has 2 N–H and O–H groups in total. The number of aromatic amines is 1. The highest BCUT2D eigenvalue weighted by molar-refractivity contribution is 5.87. The van der Waals surface area contributed by atoms with Gasteiger partial charge in [-0.1, -0.05) is 13.8 Å². The number of aliphatic hydroxyl groups excluding tert-OH is 1. The molecule has 0 spiro atoms. The summed E-state index contributed by atoms with van der Waals surface area (Å²) < 4.78 is 0. The van der Waals surface area contributed by atoms with Crippen molar-refractivity contribution in [3.63, 3.8) is 0 Å². The van der Waals surface area contributed by atoms with Gasteiger partial charge >= 0.3 is 0 Å². The van der Waals surface area contributed by atoms with E-state index in [0.29, 0.717) is 29.5 Å². The molecule has 0 saturated heterocycles. The predicted octanol–water partition coefficient (Wildman–Crippen LogP) is 3.43. The molecule has 5 rings (SSSR count). The van der Waals surface area contributed by atoms with Crippen LogP contribution in [0.15, 0.2) is 6.20 Å². The van der Waals surface area contributed by atoms with Crippen molar-refractivity contribution in [2.75, 3.05) is 0 Å². The van der Waals surface area contributed by atoms with Crippen LogP contribution in [0, 0.1) is 34.5 Å². The average Bonchev–Trinajstić information content (AvgIpc) is 3.12. The normalized spacial score (nSPS) is 50.0. The number of hydrogen-bond acceptors (Lipinski definition) is 3. The summed E-state index contributed by atoms with van der Waals surface area (Å²) in [5.74, 6) is 2.71. The Bertz CT molecular complexity index is 698. The molecule has 4 nitrogen and oxygen atoms in total. The van der Waals surface area contributed by atoms with E-state index in [2.05, 4.69) is 24.0 Å². The van der Waals surface area contributed by atoms with Gasteiger partial charge in [-0.25, -0.2) is 0 Å². The molecule has 5 unspecified atom stereocenters. The number of hydrogen-bond donors (Lipinski definition) is 2. The summed E-state index contributed by atoms with van der Waals surface area (Å²) in [4.78, 5) is 12.5. The number of rotatable bonds is 0. The molecule has 130 valence electrons. The Balaban J connectivity index is 1.54. The second-order valence-corrected chi connectivity index (χ2v) is 9.42. The van der Waals surface area contributed by atoms with Gasteiger partial charge in [-0.05, 0) is 73.2 Å². The van der Waals surface area contributed by atoms with Crippen LogP contribution in [0.25, 0.3) is 0 Å². The van der Waals surface area contributed by atoms with Crippen molar-refractivity contribution < 1.29 is 9.90 Å². The van der Waals surface area contributed by atoms with Crippen LogP contribution < -0.4 is 0 Å². The molecule has 0 aromatic carbocycles. The van der Waals surface area contributed by atoms with Crippen molar-refractivity contribution in [2.45, 2.75) is 64.9 Å². The number of aliphatic hydroxyl groups is 1. The highest BCUT2D eigenvalue weighted by Gasteiger charge is 2.61. The van der Waals surface area contributed by atoms with Crippen molar-refractivity contribution in [3.8, 4) is 0 Å². The average molecular weight is 328 g/mol. The lowest BCUT2D eigenvalue weighted by Gasteiger charge is -2.60. The number of ketones is 1. The maximum absolute atomic E-state index is 12.5. The molecule has 1 aromatic heterocycles. The monoisotopic (exact) mass is 328 g/mol. The largest absolute Gasteiger partial charge is 0.387 e. The fraction of sp³-hybridized carbons (Fsp3) is 0.800. The van der Waals surface area contributed by atoms with Crippen molar-refractivity contribution in [2.24, 2.45) is 34.5 Å². The Morgan fingerprint density at radius 2 is 2.00 bits per heavy atom. The lowest BCUT2D eigenvalue weighted by molar-refractivity contribution is -0.144. The summed E-state index contributed by atoms with van der Waals surface area (Å²) in [6.07, 6.45) is 8.88. The molecule has 24 heavy (non-hydrogen) atoms. The van der Waals surface area contributed by atoms with Crippen LogP contribution in [0.1, 0.15) is 69.7 Å². The molecule has 1 aromatic rings. The SMILES string of the molecule is C[C@]12Cc3cn[nH]c3C(O)C1CCC1C2CC[C@]2(C)C(=O)CCC12. The molecule has 3 saturated carbocycles. The minimum atomic E-state index is -0.402. The standard InChI is InChI=1S/C20H28N2O2/c1-19-8-7-14-12(13(19)5-6-16(19)23)3-4-15-18(24)17-11(10-21-22-17)9-20(14,15)2/h10,12-15,18,24H,3-9H2,1-2H3,(H,21,22)/t12?,13?,14?,15?,18?,19-,20+/m0/s1. The van der Waals surface area contributed by atoms with Crippen LogP contribution >= 0.6 is 0 Å². The third-order valence-corrected chi connectivity index (χ3v) is 8.65. The first-order valence-corrected chi connectivity index (χ1v) is 9.68. The van der Waals surface area contributed by atoms with Gasteiger partial charge in [-0.15, -0.1) is 0 Å². The van der Waals surface area contributed by atoms with E-state index >= 15 is 0 Å². The maximum Gasteiger partial charge on any atom is 0.139 e.